The van der Waals surface area contributed by atoms with Gasteiger partial charge >= 0.3 is 6.18 Å². The third-order valence-electron chi connectivity index (χ3n) is 2.40. The molecule has 0 fully saturated rings. The highest BCUT2D eigenvalue weighted by Crippen LogP contribution is 2.34. The van der Waals surface area contributed by atoms with Crippen molar-refractivity contribution in [3.05, 3.63) is 29.6 Å². The summed E-state index contributed by atoms with van der Waals surface area (Å²) in [6.45, 7) is 3.60. The summed E-state index contributed by atoms with van der Waals surface area (Å²) in [5.74, 6) is -0.707. The zero-order chi connectivity index (χ0) is 13.3. The van der Waals surface area contributed by atoms with Crippen LogP contribution >= 0.6 is 0 Å². The summed E-state index contributed by atoms with van der Waals surface area (Å²) in [5.41, 5.74) is -1.75. The first kappa shape index (κ1) is 13.8. The molecule has 0 saturated carbocycles. The van der Waals surface area contributed by atoms with Gasteiger partial charge < -0.3 is 4.74 Å². The maximum atomic E-state index is 13.1. The predicted octanol–water partition coefficient (Wildman–Crippen LogP) is 4.11. The van der Waals surface area contributed by atoms with E-state index in [-0.39, 0.29) is 5.75 Å². The summed E-state index contributed by atoms with van der Waals surface area (Å²) in [6, 6.07) is 3.64. The van der Waals surface area contributed by atoms with E-state index in [0.29, 0.717) is 12.0 Å². The number of alkyl halides is 3. The lowest BCUT2D eigenvalue weighted by Gasteiger charge is -2.29. The first-order chi connectivity index (χ1) is 7.65. The molecule has 1 nitrogen and oxygen atoms in total. The monoisotopic (exact) mass is 250 g/mol. The highest BCUT2D eigenvalue weighted by Gasteiger charge is 2.49. The highest BCUT2D eigenvalue weighted by atomic mass is 19.4. The molecule has 0 heterocycles. The molecule has 0 saturated heterocycles. The molecule has 0 bridgehead atoms. The molecule has 0 N–H and O–H groups in total. The lowest BCUT2D eigenvalue weighted by Crippen LogP contribution is -2.44. The van der Waals surface area contributed by atoms with Crippen molar-refractivity contribution in [1.82, 2.24) is 0 Å². The summed E-state index contributed by atoms with van der Waals surface area (Å²) >= 11 is 0. The van der Waals surface area contributed by atoms with E-state index in [9.17, 15) is 17.6 Å². The minimum atomic E-state index is -4.51. The molecule has 1 aromatic rings. The van der Waals surface area contributed by atoms with E-state index in [2.05, 4.69) is 0 Å². The molecule has 0 aliphatic heterocycles. The Morgan fingerprint density at radius 1 is 1.12 bits per heavy atom. The fourth-order valence-corrected chi connectivity index (χ4v) is 1.24. The van der Waals surface area contributed by atoms with Crippen LogP contribution in [0.3, 0.4) is 0 Å². The Morgan fingerprint density at radius 2 is 1.71 bits per heavy atom. The van der Waals surface area contributed by atoms with Crippen LogP contribution in [0.2, 0.25) is 0 Å². The lowest BCUT2D eigenvalue weighted by atomic mass is 10.1. The Labute approximate surface area is 97.4 Å². The van der Waals surface area contributed by atoms with Crippen LogP contribution in [0.4, 0.5) is 17.6 Å². The number of hydrogen-bond acceptors (Lipinski definition) is 1. The number of aryl methyl sites for hydroxylation is 1. The Bertz CT molecular complexity index is 396. The number of halogens is 4. The van der Waals surface area contributed by atoms with Gasteiger partial charge in [-0.2, -0.15) is 13.2 Å². The van der Waals surface area contributed by atoms with E-state index in [0.717, 1.165) is 19.9 Å². The van der Waals surface area contributed by atoms with E-state index in [1.54, 1.807) is 6.92 Å². The van der Waals surface area contributed by atoms with Gasteiger partial charge in [0.2, 0.25) is 0 Å². The molecule has 1 rings (SSSR count). The summed E-state index contributed by atoms with van der Waals surface area (Å²) in [6.07, 6.45) is -3.98. The van der Waals surface area contributed by atoms with Crippen LogP contribution in [-0.2, 0) is 6.42 Å². The normalized spacial score (nSPS) is 12.6. The van der Waals surface area contributed by atoms with E-state index in [1.807, 2.05) is 0 Å². The van der Waals surface area contributed by atoms with Gasteiger partial charge in [0.05, 0.1) is 0 Å². The third-order valence-corrected chi connectivity index (χ3v) is 2.40. The first-order valence-electron chi connectivity index (χ1n) is 5.21. The van der Waals surface area contributed by atoms with Gasteiger partial charge in [0.15, 0.2) is 5.60 Å². The van der Waals surface area contributed by atoms with Gasteiger partial charge in [-0.3, -0.25) is 0 Å². The summed E-state index contributed by atoms with van der Waals surface area (Å²) in [5, 5.41) is 0. The molecule has 96 valence electrons. The minimum Gasteiger partial charge on any atom is -0.478 e. The molecule has 0 atom stereocenters. The van der Waals surface area contributed by atoms with Crippen molar-refractivity contribution >= 4 is 0 Å². The minimum absolute atomic E-state index is 0.107. The van der Waals surface area contributed by atoms with Crippen LogP contribution in [0.15, 0.2) is 18.2 Å². The average molecular weight is 250 g/mol. The van der Waals surface area contributed by atoms with Crippen molar-refractivity contribution in [2.75, 3.05) is 0 Å². The molecular weight excluding hydrogens is 236 g/mol. The molecule has 0 radical (unpaired) electrons. The van der Waals surface area contributed by atoms with Crippen LogP contribution in [0.1, 0.15) is 26.3 Å². The average Bonchev–Trinajstić information content (AvgIpc) is 2.14. The molecule has 0 spiro atoms. The van der Waals surface area contributed by atoms with Gasteiger partial charge in [0, 0.05) is 6.07 Å². The fourth-order valence-electron chi connectivity index (χ4n) is 1.24. The maximum absolute atomic E-state index is 13.1. The molecular formula is C12H14F4O. The SMILES string of the molecule is CCc1cc(F)cc(OC(C)(C)C(F)(F)F)c1. The van der Waals surface area contributed by atoms with E-state index in [4.69, 9.17) is 4.74 Å². The van der Waals surface area contributed by atoms with Crippen LogP contribution in [0.25, 0.3) is 0 Å². The van der Waals surface area contributed by atoms with Crippen molar-refractivity contribution in [2.24, 2.45) is 0 Å². The smallest absolute Gasteiger partial charge is 0.427 e. The Hall–Kier alpha value is -1.26. The molecule has 1 aromatic carbocycles. The summed E-state index contributed by atoms with van der Waals surface area (Å²) in [4.78, 5) is 0. The molecule has 0 unspecified atom stereocenters. The topological polar surface area (TPSA) is 9.23 Å². The second kappa shape index (κ2) is 4.55. The van der Waals surface area contributed by atoms with Crippen LogP contribution < -0.4 is 4.74 Å². The summed E-state index contributed by atoms with van der Waals surface area (Å²) in [7, 11) is 0. The van der Waals surface area contributed by atoms with Crippen molar-refractivity contribution in [2.45, 2.75) is 39.0 Å². The zero-order valence-corrected chi connectivity index (χ0v) is 9.86. The Balaban J connectivity index is 2.99. The van der Waals surface area contributed by atoms with Crippen molar-refractivity contribution in [3.8, 4) is 5.75 Å². The van der Waals surface area contributed by atoms with Gasteiger partial charge in [0.25, 0.3) is 0 Å². The van der Waals surface area contributed by atoms with Crippen molar-refractivity contribution in [3.63, 3.8) is 0 Å². The summed E-state index contributed by atoms with van der Waals surface area (Å²) < 4.78 is 55.7. The Morgan fingerprint density at radius 3 is 2.18 bits per heavy atom. The van der Waals surface area contributed by atoms with Crippen molar-refractivity contribution in [1.29, 1.82) is 0 Å². The highest BCUT2D eigenvalue weighted by molar-refractivity contribution is 5.30. The van der Waals surface area contributed by atoms with Crippen molar-refractivity contribution < 1.29 is 22.3 Å². The number of ether oxygens (including phenoxy) is 1. The first-order valence-corrected chi connectivity index (χ1v) is 5.21. The zero-order valence-electron chi connectivity index (χ0n) is 9.86. The van der Waals surface area contributed by atoms with E-state index in [1.165, 1.54) is 12.1 Å². The van der Waals surface area contributed by atoms with Gasteiger partial charge in [-0.05, 0) is 38.0 Å². The molecule has 0 aliphatic rings. The maximum Gasteiger partial charge on any atom is 0.427 e. The fraction of sp³-hybridized carbons (Fsp3) is 0.500. The molecule has 0 aromatic heterocycles. The predicted molar refractivity (Wildman–Crippen MR) is 56.5 cm³/mol. The number of rotatable bonds is 3. The standard InChI is InChI=1S/C12H14F4O/c1-4-8-5-9(13)7-10(6-8)17-11(2,3)12(14,15)16/h5-7H,4H2,1-3H3. The van der Waals surface area contributed by atoms with Gasteiger partial charge in [-0.15, -0.1) is 0 Å². The molecule has 5 heteroatoms. The van der Waals surface area contributed by atoms with Gasteiger partial charge in [0.1, 0.15) is 11.6 Å². The van der Waals surface area contributed by atoms with E-state index < -0.39 is 17.6 Å². The van der Waals surface area contributed by atoms with E-state index >= 15 is 0 Å². The third kappa shape index (κ3) is 3.35. The quantitative estimate of drug-likeness (QED) is 0.733. The Kier molecular flexibility index (Phi) is 3.69. The molecule has 0 aliphatic carbocycles. The van der Waals surface area contributed by atoms with Gasteiger partial charge in [-0.25, -0.2) is 4.39 Å². The lowest BCUT2D eigenvalue weighted by molar-refractivity contribution is -0.234. The largest absolute Gasteiger partial charge is 0.478 e. The van der Waals surface area contributed by atoms with Crippen LogP contribution in [0, 0.1) is 5.82 Å². The van der Waals surface area contributed by atoms with Crippen LogP contribution in [0.5, 0.6) is 5.75 Å². The second-order valence-corrected chi connectivity index (χ2v) is 4.26. The van der Waals surface area contributed by atoms with Crippen LogP contribution in [-0.4, -0.2) is 11.8 Å². The number of hydrogen-bond donors (Lipinski definition) is 0. The van der Waals surface area contributed by atoms with Gasteiger partial charge in [-0.1, -0.05) is 6.92 Å². The number of benzene rings is 1. The second-order valence-electron chi connectivity index (χ2n) is 4.26. The molecule has 17 heavy (non-hydrogen) atoms. The molecule has 0 amide bonds.